The Balaban J connectivity index is 1.05. The minimum absolute atomic E-state index is 0.00841. The number of rotatable bonds is 8. The number of carboxylic acids is 1. The smallest absolute Gasteiger partial charge is 0.309 e. The summed E-state index contributed by atoms with van der Waals surface area (Å²) in [6.07, 6.45) is 7.47. The third-order valence-corrected chi connectivity index (χ3v) is 18.8. The Bertz CT molecular complexity index is 2000. The average Bonchev–Trinajstić information content (AvgIpc) is 3.41. The lowest BCUT2D eigenvalue weighted by Gasteiger charge is -2.72. The highest BCUT2D eigenvalue weighted by Crippen LogP contribution is 2.76. The summed E-state index contributed by atoms with van der Waals surface area (Å²) >= 11 is 6.08. The van der Waals surface area contributed by atoms with Crippen molar-refractivity contribution in [2.75, 3.05) is 18.5 Å². The Kier molecular flexibility index (Phi) is 9.99. The van der Waals surface area contributed by atoms with Crippen LogP contribution in [-0.2, 0) is 33.4 Å². The summed E-state index contributed by atoms with van der Waals surface area (Å²) in [4.78, 5) is 68.1. The van der Waals surface area contributed by atoms with Gasteiger partial charge in [0.15, 0.2) is 11.2 Å². The van der Waals surface area contributed by atoms with Gasteiger partial charge in [0.1, 0.15) is 6.10 Å². The third kappa shape index (κ3) is 5.97. The van der Waals surface area contributed by atoms with E-state index in [4.69, 9.17) is 21.1 Å². The van der Waals surface area contributed by atoms with E-state index >= 15 is 0 Å². The molecular weight excluding hydrogens is 768 g/mol. The SMILES string of the molecule is CC(C)C1=C2[C@H]3CC[C@@H]4[C@@]5(C)CC[C@H](OC(=O)[C@H]6C[C@@H](C(=O)O)C6(C)C)C(C)(C)[C@@H]5CC[C@@]4(C)[C@]3(C)CC[C@@]2(NC(=O)C2(C(=O)Nc3ccc(Cl)cc3)COC2)CC1=O. The molecule has 1 heterocycles. The Morgan fingerprint density at radius 1 is 0.814 bits per heavy atom. The van der Waals surface area contributed by atoms with Gasteiger partial charge in [0.2, 0.25) is 11.8 Å². The van der Waals surface area contributed by atoms with Gasteiger partial charge in [-0.1, -0.05) is 73.9 Å². The minimum Gasteiger partial charge on any atom is -0.481 e. The molecule has 6 fully saturated rings. The van der Waals surface area contributed by atoms with Gasteiger partial charge in [0.05, 0.1) is 30.6 Å². The molecule has 2 amide bonds. The maximum Gasteiger partial charge on any atom is 0.309 e. The molecular formula is C48H65ClN2O8. The van der Waals surface area contributed by atoms with E-state index in [2.05, 4.69) is 59.1 Å². The van der Waals surface area contributed by atoms with Crippen molar-refractivity contribution >= 4 is 46.8 Å². The number of carbonyl (C=O) groups is 5. The molecule has 7 aliphatic rings. The second-order valence-electron chi connectivity index (χ2n) is 22.1. The molecule has 5 saturated carbocycles. The van der Waals surface area contributed by atoms with E-state index in [-0.39, 0.29) is 76.9 Å². The molecule has 6 aliphatic carbocycles. The number of carbonyl (C=O) groups excluding carboxylic acids is 4. The topological polar surface area (TPSA) is 148 Å². The lowest BCUT2D eigenvalue weighted by molar-refractivity contribution is -0.235. The Morgan fingerprint density at radius 2 is 1.49 bits per heavy atom. The number of allylic oxidation sites excluding steroid dienone is 1. The van der Waals surface area contributed by atoms with Crippen molar-refractivity contribution in [3.05, 3.63) is 40.4 Å². The zero-order valence-electron chi connectivity index (χ0n) is 36.5. The molecule has 0 radical (unpaired) electrons. The standard InChI is InChI=1S/C48H65ClN2O8/c1-26(2)36-32(52)23-48(51-41(57)47(24-58-25-47)40(56)50-28-12-10-27(49)11-13-28)21-20-45(8)29(37(36)48)14-15-34-44(7)18-17-35(43(5,6)33(44)16-19-46(34,45)9)59-39(55)31-22-30(38(53)54)42(31,3)4/h10-13,26,29-31,33-35H,14-25H2,1-9H3,(H,50,56)(H,51,57)(H,53,54)/t29-,30+,31-,33+,34-,35+,44+,45-,46-,48-/m1/s1. The van der Waals surface area contributed by atoms with Crippen LogP contribution in [0.25, 0.3) is 0 Å². The molecule has 1 aromatic carbocycles. The fourth-order valence-electron chi connectivity index (χ4n) is 14.7. The maximum absolute atomic E-state index is 14.6. The van der Waals surface area contributed by atoms with Gasteiger partial charge < -0.3 is 25.2 Å². The van der Waals surface area contributed by atoms with Gasteiger partial charge in [-0.25, -0.2) is 0 Å². The highest BCUT2D eigenvalue weighted by atomic mass is 35.5. The van der Waals surface area contributed by atoms with E-state index < -0.39 is 40.1 Å². The molecule has 3 N–H and O–H groups in total. The molecule has 0 aromatic heterocycles. The van der Waals surface area contributed by atoms with Crippen LogP contribution in [0.2, 0.25) is 5.02 Å². The third-order valence-electron chi connectivity index (χ3n) is 18.5. The van der Waals surface area contributed by atoms with Crippen LogP contribution in [-0.4, -0.2) is 59.5 Å². The number of hydrogen-bond donors (Lipinski definition) is 3. The second kappa shape index (κ2) is 13.9. The number of amides is 2. The van der Waals surface area contributed by atoms with Gasteiger partial charge in [-0.15, -0.1) is 0 Å². The summed E-state index contributed by atoms with van der Waals surface area (Å²) in [5.74, 6) is -1.91. The first-order valence-electron chi connectivity index (χ1n) is 22.2. The molecule has 1 saturated heterocycles. The van der Waals surface area contributed by atoms with Gasteiger partial charge in [-0.3, -0.25) is 24.0 Å². The molecule has 11 heteroatoms. The zero-order chi connectivity index (χ0) is 42.9. The zero-order valence-corrected chi connectivity index (χ0v) is 37.3. The first-order chi connectivity index (χ1) is 27.5. The van der Waals surface area contributed by atoms with E-state index in [1.807, 2.05) is 13.8 Å². The molecule has 10 nitrogen and oxygen atoms in total. The lowest BCUT2D eigenvalue weighted by Crippen LogP contribution is -2.69. The Labute approximate surface area is 354 Å². The highest BCUT2D eigenvalue weighted by molar-refractivity contribution is 6.30. The fraction of sp³-hybridized carbons (Fsp3) is 0.729. The second-order valence-corrected chi connectivity index (χ2v) is 22.5. The first-order valence-corrected chi connectivity index (χ1v) is 22.5. The summed E-state index contributed by atoms with van der Waals surface area (Å²) in [6, 6.07) is 6.80. The molecule has 59 heavy (non-hydrogen) atoms. The summed E-state index contributed by atoms with van der Waals surface area (Å²) in [5.41, 5.74) is -0.804. The number of ether oxygens (including phenoxy) is 2. The van der Waals surface area contributed by atoms with Crippen molar-refractivity contribution in [2.45, 2.75) is 138 Å². The van der Waals surface area contributed by atoms with Gasteiger partial charge in [0.25, 0.3) is 0 Å². The number of fused-ring (bicyclic) bond motifs is 7. The monoisotopic (exact) mass is 832 g/mol. The number of ketones is 1. The highest BCUT2D eigenvalue weighted by Gasteiger charge is 2.71. The van der Waals surface area contributed by atoms with E-state index in [1.54, 1.807) is 24.3 Å². The number of carboxylic acid groups (broad SMARTS) is 1. The number of nitrogens with one attached hydrogen (secondary N) is 2. The van der Waals surface area contributed by atoms with Crippen LogP contribution in [0.1, 0.15) is 127 Å². The normalized spacial score (nSPS) is 39.9. The number of benzene rings is 1. The molecule has 10 atom stereocenters. The lowest BCUT2D eigenvalue weighted by atomic mass is 9.33. The van der Waals surface area contributed by atoms with Gasteiger partial charge in [-0.05, 0) is 139 Å². The minimum atomic E-state index is -1.41. The van der Waals surface area contributed by atoms with Crippen molar-refractivity contribution < 1.29 is 38.6 Å². The average molecular weight is 834 g/mol. The van der Waals surface area contributed by atoms with E-state index in [9.17, 15) is 29.1 Å². The fourth-order valence-corrected chi connectivity index (χ4v) is 14.8. The predicted molar refractivity (Wildman–Crippen MR) is 224 cm³/mol. The van der Waals surface area contributed by atoms with Gasteiger partial charge in [0, 0.05) is 22.5 Å². The summed E-state index contributed by atoms with van der Waals surface area (Å²) in [7, 11) is 0. The van der Waals surface area contributed by atoms with Crippen molar-refractivity contribution in [2.24, 2.45) is 68.0 Å². The van der Waals surface area contributed by atoms with Crippen LogP contribution in [0, 0.1) is 68.0 Å². The van der Waals surface area contributed by atoms with Crippen molar-refractivity contribution in [3.8, 4) is 0 Å². The van der Waals surface area contributed by atoms with E-state index in [0.717, 1.165) is 56.1 Å². The molecule has 0 unspecified atom stereocenters. The van der Waals surface area contributed by atoms with Crippen LogP contribution in [0.4, 0.5) is 5.69 Å². The van der Waals surface area contributed by atoms with Crippen LogP contribution < -0.4 is 10.6 Å². The van der Waals surface area contributed by atoms with Crippen molar-refractivity contribution in [3.63, 3.8) is 0 Å². The summed E-state index contributed by atoms with van der Waals surface area (Å²) in [6.45, 7) is 19.9. The maximum atomic E-state index is 14.6. The number of halogens is 1. The van der Waals surface area contributed by atoms with Gasteiger partial charge in [-0.2, -0.15) is 0 Å². The van der Waals surface area contributed by atoms with Crippen LogP contribution in [0.15, 0.2) is 35.4 Å². The summed E-state index contributed by atoms with van der Waals surface area (Å²) < 4.78 is 12.0. The first kappa shape index (κ1) is 42.5. The van der Waals surface area contributed by atoms with Crippen molar-refractivity contribution in [1.29, 1.82) is 0 Å². The number of hydrogen-bond acceptors (Lipinski definition) is 7. The molecule has 322 valence electrons. The van der Waals surface area contributed by atoms with E-state index in [1.165, 1.54) is 0 Å². The van der Waals surface area contributed by atoms with Crippen LogP contribution in [0.3, 0.4) is 0 Å². The molecule has 0 spiro atoms. The Hall–Kier alpha value is -3.24. The van der Waals surface area contributed by atoms with Gasteiger partial charge >= 0.3 is 11.9 Å². The Morgan fingerprint density at radius 3 is 2.08 bits per heavy atom. The molecule has 8 rings (SSSR count). The van der Waals surface area contributed by atoms with Crippen LogP contribution in [0.5, 0.6) is 0 Å². The molecule has 1 aliphatic heterocycles. The number of anilines is 1. The molecule has 0 bridgehead atoms. The van der Waals surface area contributed by atoms with Crippen molar-refractivity contribution in [1.82, 2.24) is 5.32 Å². The number of aliphatic carboxylic acids is 1. The van der Waals surface area contributed by atoms with E-state index in [0.29, 0.717) is 35.4 Å². The van der Waals surface area contributed by atoms with Crippen LogP contribution >= 0.6 is 11.6 Å². The largest absolute Gasteiger partial charge is 0.481 e. The quantitative estimate of drug-likeness (QED) is 0.174. The summed E-state index contributed by atoms with van der Waals surface area (Å²) in [5, 5.41) is 16.6. The number of Topliss-reactive ketones (excluding diaryl/α,β-unsaturated/α-hetero) is 1. The molecule has 1 aromatic rings. The predicted octanol–water partition coefficient (Wildman–Crippen LogP) is 8.80. The number of esters is 1.